The van der Waals surface area contributed by atoms with Crippen LogP contribution >= 0.6 is 0 Å². The minimum absolute atomic E-state index is 0.269. The Morgan fingerprint density at radius 1 is 1.67 bits per heavy atom. The Kier molecular flexibility index (Phi) is 2.91. The van der Waals surface area contributed by atoms with E-state index in [-0.39, 0.29) is 4.58 Å². The number of nitrogens with two attached hydrogens (primary N) is 2. The fourth-order valence-corrected chi connectivity index (χ4v) is 0.298. The monoisotopic (exact) mass is 154 g/mol. The van der Waals surface area contributed by atoms with Gasteiger partial charge < -0.3 is 11.5 Å². The van der Waals surface area contributed by atoms with Gasteiger partial charge in [0.2, 0.25) is 5.96 Å². The van der Waals surface area contributed by atoms with Crippen molar-refractivity contribution in [3.8, 4) is 0 Å². The highest BCUT2D eigenvalue weighted by molar-refractivity contribution is 7.76. The zero-order chi connectivity index (χ0) is 7.44. The average molecular weight is 154 g/mol. The predicted molar refractivity (Wildman–Crippen MR) is 30.2 cm³/mol. The number of hydrogen-bond acceptors (Lipinski definition) is 3. The quantitative estimate of drug-likeness (QED) is 0.158. The second-order valence-electron chi connectivity index (χ2n) is 1.01. The molecule has 1 unspecified atom stereocenters. The predicted octanol–water partition coefficient (Wildman–Crippen LogP) is -2.00. The molecule has 0 amide bonds. The number of rotatable bonds is 2. The average Bonchev–Trinajstić information content (AvgIpc) is 1.63. The van der Waals surface area contributed by atoms with Gasteiger partial charge in [-0.15, -0.1) is 0 Å². The Labute approximate surface area is 53.3 Å². The molecular formula is CH6N4O3S. The number of hydrazone groups is 1. The maximum atomic E-state index is 9.80. The van der Waals surface area contributed by atoms with E-state index < -0.39 is 17.2 Å². The van der Waals surface area contributed by atoms with Gasteiger partial charge in [0.15, 0.2) is 0 Å². The summed E-state index contributed by atoms with van der Waals surface area (Å²) in [6.45, 7) is 0. The van der Waals surface area contributed by atoms with Gasteiger partial charge in [0.25, 0.3) is 0 Å². The van der Waals surface area contributed by atoms with Crippen molar-refractivity contribution in [1.29, 1.82) is 0 Å². The standard InChI is InChI=1S/CH6N4O3S/c2-1(3)4-5(6)9(7)8/h6H,(H,7,8)(H4,2,3,4). The van der Waals surface area contributed by atoms with Gasteiger partial charge in [0, 0.05) is 0 Å². The van der Waals surface area contributed by atoms with Crippen molar-refractivity contribution in [2.45, 2.75) is 0 Å². The molecule has 1 atom stereocenters. The highest BCUT2D eigenvalue weighted by Crippen LogP contribution is 1.83. The molecule has 0 spiro atoms. The molecule has 9 heavy (non-hydrogen) atoms. The second-order valence-corrected chi connectivity index (χ2v) is 1.80. The van der Waals surface area contributed by atoms with Gasteiger partial charge in [0.1, 0.15) is 0 Å². The Hall–Kier alpha value is -0.860. The first-order valence-corrected chi connectivity index (χ1v) is 2.80. The first-order chi connectivity index (χ1) is 4.04. The number of nitrogens with zero attached hydrogens (tertiary/aromatic N) is 2. The molecule has 0 saturated carbocycles. The van der Waals surface area contributed by atoms with Crippen LogP contribution in [-0.4, -0.2) is 24.5 Å². The molecule has 0 bridgehead atoms. The maximum absolute atomic E-state index is 9.80. The molecule has 0 aromatic rings. The molecule has 6 N–H and O–H groups in total. The van der Waals surface area contributed by atoms with Gasteiger partial charge in [-0.2, -0.15) is 0 Å². The molecule has 0 rings (SSSR count). The van der Waals surface area contributed by atoms with Crippen molar-refractivity contribution in [3.05, 3.63) is 0 Å². The Balaban J connectivity index is 3.91. The van der Waals surface area contributed by atoms with E-state index in [0.717, 1.165) is 0 Å². The summed E-state index contributed by atoms with van der Waals surface area (Å²) in [5.41, 5.74) is 9.42. The smallest absolute Gasteiger partial charge is 0.304 e. The van der Waals surface area contributed by atoms with Crippen molar-refractivity contribution in [3.63, 3.8) is 0 Å². The summed E-state index contributed by atoms with van der Waals surface area (Å²) in [5.74, 6) is -0.500. The van der Waals surface area contributed by atoms with Gasteiger partial charge in [-0.05, 0) is 0 Å². The lowest BCUT2D eigenvalue weighted by atomic mass is 11.1. The first-order valence-electron chi connectivity index (χ1n) is 1.73. The third-order valence-electron chi connectivity index (χ3n) is 0.341. The van der Waals surface area contributed by atoms with Crippen LogP contribution in [0, 0.1) is 0 Å². The molecule has 0 saturated heterocycles. The molecule has 0 aromatic carbocycles. The Morgan fingerprint density at radius 3 is 2.22 bits per heavy atom. The summed E-state index contributed by atoms with van der Waals surface area (Å²) in [5, 5.41) is 11.0. The van der Waals surface area contributed by atoms with Crippen molar-refractivity contribution in [2.24, 2.45) is 16.6 Å². The highest BCUT2D eigenvalue weighted by Gasteiger charge is 2.00. The summed E-state index contributed by atoms with van der Waals surface area (Å²) in [4.78, 5) is 0. The second kappa shape index (κ2) is 3.22. The van der Waals surface area contributed by atoms with Crippen LogP contribution in [0.1, 0.15) is 0 Å². The maximum Gasteiger partial charge on any atom is 0.304 e. The molecule has 0 aliphatic carbocycles. The summed E-state index contributed by atoms with van der Waals surface area (Å²) in [7, 11) is 0. The number of hydrogen-bond donors (Lipinski definition) is 4. The molecule has 0 radical (unpaired) electrons. The highest BCUT2D eigenvalue weighted by atomic mass is 32.2. The van der Waals surface area contributed by atoms with Gasteiger partial charge in [-0.3, -0.25) is 9.76 Å². The zero-order valence-electron chi connectivity index (χ0n) is 4.26. The third kappa shape index (κ3) is 3.70. The van der Waals surface area contributed by atoms with E-state index in [2.05, 4.69) is 5.10 Å². The molecule has 0 fully saturated rings. The molecule has 0 aliphatic heterocycles. The molecule has 0 heterocycles. The summed E-state index contributed by atoms with van der Waals surface area (Å²) >= 11 is -2.59. The van der Waals surface area contributed by atoms with Crippen molar-refractivity contribution in [1.82, 2.24) is 4.58 Å². The van der Waals surface area contributed by atoms with Gasteiger partial charge in [-0.25, -0.2) is 4.21 Å². The van der Waals surface area contributed by atoms with Crippen molar-refractivity contribution in [2.75, 3.05) is 0 Å². The summed E-state index contributed by atoms with van der Waals surface area (Å²) in [6, 6.07) is 0. The van der Waals surface area contributed by atoms with Crippen LogP contribution in [-0.2, 0) is 11.3 Å². The minimum atomic E-state index is -2.59. The lowest BCUT2D eigenvalue weighted by Crippen LogP contribution is -2.28. The van der Waals surface area contributed by atoms with Crippen molar-refractivity contribution >= 4 is 17.2 Å². The van der Waals surface area contributed by atoms with E-state index >= 15 is 0 Å². The first kappa shape index (κ1) is 8.14. The Bertz CT molecular complexity index is 141. The topological polar surface area (TPSA) is 125 Å². The molecule has 7 nitrogen and oxygen atoms in total. The zero-order valence-corrected chi connectivity index (χ0v) is 5.08. The van der Waals surface area contributed by atoms with Gasteiger partial charge >= 0.3 is 11.3 Å². The SMILES string of the molecule is NC(N)=NN(O)S(=O)O. The van der Waals surface area contributed by atoms with E-state index in [4.69, 9.17) is 21.2 Å². The van der Waals surface area contributed by atoms with Gasteiger partial charge in [-0.1, -0.05) is 9.68 Å². The molecule has 0 aromatic heterocycles. The third-order valence-corrected chi connectivity index (χ3v) is 0.702. The molecule has 0 aliphatic rings. The lowest BCUT2D eigenvalue weighted by Gasteiger charge is -2.01. The van der Waals surface area contributed by atoms with Crippen LogP contribution in [0.5, 0.6) is 0 Å². The van der Waals surface area contributed by atoms with E-state index in [1.807, 2.05) is 0 Å². The van der Waals surface area contributed by atoms with Crippen LogP contribution in [0.2, 0.25) is 0 Å². The van der Waals surface area contributed by atoms with Crippen LogP contribution in [0.25, 0.3) is 0 Å². The van der Waals surface area contributed by atoms with Crippen LogP contribution in [0.15, 0.2) is 5.10 Å². The summed E-state index contributed by atoms with van der Waals surface area (Å²) in [6.07, 6.45) is 0. The van der Waals surface area contributed by atoms with Crippen molar-refractivity contribution < 1.29 is 14.0 Å². The molecular weight excluding hydrogens is 148 g/mol. The van der Waals surface area contributed by atoms with Gasteiger partial charge in [0.05, 0.1) is 0 Å². The molecule has 8 heteroatoms. The van der Waals surface area contributed by atoms with E-state index in [0.29, 0.717) is 0 Å². The minimum Gasteiger partial charge on any atom is -0.369 e. The largest absolute Gasteiger partial charge is 0.369 e. The molecule has 54 valence electrons. The fourth-order valence-electron chi connectivity index (χ4n) is 0.134. The van der Waals surface area contributed by atoms with E-state index in [1.54, 1.807) is 0 Å². The van der Waals surface area contributed by atoms with Crippen LogP contribution < -0.4 is 11.5 Å². The normalized spacial score (nSPS) is 12.2. The van der Waals surface area contributed by atoms with Crippen LogP contribution in [0.4, 0.5) is 0 Å². The van der Waals surface area contributed by atoms with E-state index in [1.165, 1.54) is 0 Å². The van der Waals surface area contributed by atoms with Crippen LogP contribution in [0.3, 0.4) is 0 Å². The fraction of sp³-hybridized carbons (Fsp3) is 0. The Morgan fingerprint density at radius 2 is 2.11 bits per heavy atom. The summed E-state index contributed by atoms with van der Waals surface area (Å²) < 4.78 is 17.5. The number of guanidine groups is 1. The van der Waals surface area contributed by atoms with E-state index in [9.17, 15) is 4.21 Å². The lowest BCUT2D eigenvalue weighted by molar-refractivity contribution is 0.00407.